The zero-order valence-electron chi connectivity index (χ0n) is 16.3. The number of hydrogen-bond acceptors (Lipinski definition) is 3. The molecule has 1 aliphatic heterocycles. The van der Waals surface area contributed by atoms with E-state index < -0.39 is 0 Å². The molecule has 0 bridgehead atoms. The summed E-state index contributed by atoms with van der Waals surface area (Å²) in [6.45, 7) is 15.5. The molecular weight excluding hydrogens is 326 g/mol. The summed E-state index contributed by atoms with van der Waals surface area (Å²) in [6, 6.07) is 8.70. The number of rotatable bonds is 1. The summed E-state index contributed by atoms with van der Waals surface area (Å²) >= 11 is 1.82. The van der Waals surface area contributed by atoms with Crippen LogP contribution >= 0.6 is 11.8 Å². The molecule has 0 N–H and O–H groups in total. The number of fused-ring (bicyclic) bond motifs is 1. The molecule has 4 heteroatoms. The Balaban J connectivity index is 2.21. The highest BCUT2D eigenvalue weighted by atomic mass is 32.2. The van der Waals surface area contributed by atoms with Crippen molar-refractivity contribution in [3.63, 3.8) is 0 Å². The fourth-order valence-corrected chi connectivity index (χ4v) is 4.78. The molecule has 1 atom stereocenters. The molecule has 0 amide bonds. The second-order valence-corrected chi connectivity index (χ2v) is 10.1. The SMILES string of the molecule is CC(C)(C)c1cc(C2(C)CSc3ncc(C(C)(C)C)n32)ccc1C#N. The van der Waals surface area contributed by atoms with Crippen molar-refractivity contribution in [2.75, 3.05) is 5.75 Å². The monoisotopic (exact) mass is 353 g/mol. The van der Waals surface area contributed by atoms with Gasteiger partial charge in [-0.1, -0.05) is 65.4 Å². The molecule has 1 aliphatic rings. The number of hydrogen-bond donors (Lipinski definition) is 0. The molecule has 132 valence electrons. The smallest absolute Gasteiger partial charge is 0.169 e. The fourth-order valence-electron chi connectivity index (χ4n) is 3.52. The summed E-state index contributed by atoms with van der Waals surface area (Å²) in [5.41, 5.74) is 4.23. The molecule has 1 unspecified atom stereocenters. The molecule has 0 radical (unpaired) electrons. The normalized spacial score (nSPS) is 20.4. The maximum atomic E-state index is 9.51. The van der Waals surface area contributed by atoms with Crippen LogP contribution in [0.1, 0.15) is 70.9 Å². The maximum absolute atomic E-state index is 9.51. The number of nitrogens with zero attached hydrogens (tertiary/aromatic N) is 3. The lowest BCUT2D eigenvalue weighted by Gasteiger charge is -2.33. The van der Waals surface area contributed by atoms with E-state index in [1.807, 2.05) is 24.0 Å². The number of imidazole rings is 1. The molecule has 2 aromatic rings. The Hall–Kier alpha value is -1.73. The van der Waals surface area contributed by atoms with Crippen LogP contribution in [0.4, 0.5) is 0 Å². The molecular formula is C21H27N3S. The van der Waals surface area contributed by atoms with Crippen LogP contribution in [0.5, 0.6) is 0 Å². The van der Waals surface area contributed by atoms with Crippen molar-refractivity contribution >= 4 is 11.8 Å². The van der Waals surface area contributed by atoms with E-state index >= 15 is 0 Å². The van der Waals surface area contributed by atoms with Crippen LogP contribution in [-0.4, -0.2) is 15.3 Å². The standard InChI is InChI=1S/C21H27N3S/c1-19(2,3)16-10-15(9-8-14(16)11-22)21(7)13-25-18-23-12-17(24(18)21)20(4,5)6/h8-10,12H,13H2,1-7H3. The summed E-state index contributed by atoms with van der Waals surface area (Å²) in [5, 5.41) is 10.6. The average molecular weight is 354 g/mol. The van der Waals surface area contributed by atoms with E-state index in [0.717, 1.165) is 22.0 Å². The van der Waals surface area contributed by atoms with Gasteiger partial charge in [0, 0.05) is 23.1 Å². The first kappa shape index (κ1) is 18.1. The minimum absolute atomic E-state index is 0.0386. The molecule has 3 rings (SSSR count). The first-order valence-electron chi connectivity index (χ1n) is 8.75. The second-order valence-electron chi connectivity index (χ2n) is 9.20. The highest BCUT2D eigenvalue weighted by Gasteiger charge is 2.41. The van der Waals surface area contributed by atoms with Crippen LogP contribution in [0.3, 0.4) is 0 Å². The number of aromatic nitrogens is 2. The van der Waals surface area contributed by atoms with Gasteiger partial charge in [0.1, 0.15) is 0 Å². The van der Waals surface area contributed by atoms with Gasteiger partial charge in [-0.15, -0.1) is 0 Å². The van der Waals surface area contributed by atoms with Gasteiger partial charge in [0.25, 0.3) is 0 Å². The van der Waals surface area contributed by atoms with E-state index in [1.165, 1.54) is 11.3 Å². The average Bonchev–Trinajstić information content (AvgIpc) is 3.07. The van der Waals surface area contributed by atoms with Gasteiger partial charge >= 0.3 is 0 Å². The Morgan fingerprint density at radius 2 is 1.84 bits per heavy atom. The molecule has 1 aromatic heterocycles. The van der Waals surface area contributed by atoms with E-state index in [1.54, 1.807) is 0 Å². The molecule has 0 spiro atoms. The Bertz CT molecular complexity index is 859. The molecule has 2 heterocycles. The van der Waals surface area contributed by atoms with Crippen molar-refractivity contribution in [2.45, 2.75) is 70.0 Å². The lowest BCUT2D eigenvalue weighted by Crippen LogP contribution is -2.35. The van der Waals surface area contributed by atoms with Gasteiger partial charge in [0.15, 0.2) is 5.16 Å². The maximum Gasteiger partial charge on any atom is 0.169 e. The molecule has 1 aromatic carbocycles. The summed E-state index contributed by atoms with van der Waals surface area (Å²) in [7, 11) is 0. The van der Waals surface area contributed by atoms with Crippen molar-refractivity contribution in [2.24, 2.45) is 0 Å². The van der Waals surface area contributed by atoms with Crippen LogP contribution in [0.2, 0.25) is 0 Å². The lowest BCUT2D eigenvalue weighted by atomic mass is 9.80. The van der Waals surface area contributed by atoms with E-state index in [0.29, 0.717) is 0 Å². The molecule has 0 aliphatic carbocycles. The van der Waals surface area contributed by atoms with Gasteiger partial charge in [0.05, 0.1) is 17.2 Å². The van der Waals surface area contributed by atoms with Gasteiger partial charge in [-0.3, -0.25) is 0 Å². The van der Waals surface area contributed by atoms with E-state index in [4.69, 9.17) is 0 Å². The van der Waals surface area contributed by atoms with Crippen LogP contribution in [0, 0.1) is 11.3 Å². The Labute approximate surface area is 155 Å². The molecule has 0 saturated heterocycles. The van der Waals surface area contributed by atoms with Crippen molar-refractivity contribution in [1.82, 2.24) is 9.55 Å². The zero-order valence-corrected chi connectivity index (χ0v) is 17.1. The van der Waals surface area contributed by atoms with Gasteiger partial charge in [-0.05, 0) is 29.5 Å². The lowest BCUT2D eigenvalue weighted by molar-refractivity contribution is 0.384. The first-order chi connectivity index (χ1) is 11.5. The van der Waals surface area contributed by atoms with Gasteiger partial charge in [-0.2, -0.15) is 5.26 Å². The first-order valence-corrected chi connectivity index (χ1v) is 9.73. The molecule has 3 nitrogen and oxygen atoms in total. The Kier molecular flexibility index (Phi) is 4.08. The van der Waals surface area contributed by atoms with Crippen molar-refractivity contribution in [1.29, 1.82) is 5.26 Å². The minimum atomic E-state index is -0.146. The third kappa shape index (κ3) is 2.89. The van der Waals surface area contributed by atoms with E-state index in [-0.39, 0.29) is 16.4 Å². The van der Waals surface area contributed by atoms with E-state index in [2.05, 4.69) is 76.2 Å². The predicted octanol–water partition coefficient (Wildman–Crippen LogP) is 5.22. The van der Waals surface area contributed by atoms with Crippen molar-refractivity contribution in [3.05, 3.63) is 46.8 Å². The zero-order chi connectivity index (χ0) is 18.6. The summed E-state index contributed by atoms with van der Waals surface area (Å²) in [6.07, 6.45) is 2.02. The Morgan fingerprint density at radius 3 is 2.40 bits per heavy atom. The number of benzene rings is 1. The van der Waals surface area contributed by atoms with E-state index in [9.17, 15) is 5.26 Å². The highest BCUT2D eigenvalue weighted by Crippen LogP contribution is 2.45. The molecule has 25 heavy (non-hydrogen) atoms. The van der Waals surface area contributed by atoms with Gasteiger partial charge in [-0.25, -0.2) is 4.98 Å². The van der Waals surface area contributed by atoms with Crippen molar-refractivity contribution in [3.8, 4) is 6.07 Å². The largest absolute Gasteiger partial charge is 0.312 e. The van der Waals surface area contributed by atoms with Crippen LogP contribution < -0.4 is 0 Å². The number of nitriles is 1. The van der Waals surface area contributed by atoms with Crippen LogP contribution in [-0.2, 0) is 16.4 Å². The van der Waals surface area contributed by atoms with Gasteiger partial charge < -0.3 is 4.57 Å². The quantitative estimate of drug-likeness (QED) is 0.706. The third-order valence-electron chi connectivity index (χ3n) is 5.04. The second kappa shape index (κ2) is 5.64. The van der Waals surface area contributed by atoms with Crippen LogP contribution in [0.25, 0.3) is 0 Å². The summed E-state index contributed by atoms with van der Waals surface area (Å²) in [5.74, 6) is 0.967. The minimum Gasteiger partial charge on any atom is -0.312 e. The summed E-state index contributed by atoms with van der Waals surface area (Å²) < 4.78 is 2.41. The summed E-state index contributed by atoms with van der Waals surface area (Å²) in [4.78, 5) is 4.66. The third-order valence-corrected chi connectivity index (χ3v) is 6.30. The number of thioether (sulfide) groups is 1. The predicted molar refractivity (Wildman–Crippen MR) is 104 cm³/mol. The Morgan fingerprint density at radius 1 is 1.16 bits per heavy atom. The van der Waals surface area contributed by atoms with Gasteiger partial charge in [0.2, 0.25) is 0 Å². The highest BCUT2D eigenvalue weighted by molar-refractivity contribution is 7.99. The topological polar surface area (TPSA) is 41.6 Å². The fraction of sp³-hybridized carbons (Fsp3) is 0.524. The molecule has 0 fully saturated rings. The van der Waals surface area contributed by atoms with Crippen molar-refractivity contribution < 1.29 is 0 Å². The van der Waals surface area contributed by atoms with Crippen LogP contribution in [0.15, 0.2) is 29.6 Å². The molecule has 0 saturated carbocycles.